The minimum Gasteiger partial charge on any atom is -0.480 e. The zero-order valence-corrected chi connectivity index (χ0v) is 19.0. The predicted octanol–water partition coefficient (Wildman–Crippen LogP) is 3.87. The van der Waals surface area contributed by atoms with E-state index in [0.717, 1.165) is 24.0 Å². The molecule has 0 saturated heterocycles. The van der Waals surface area contributed by atoms with E-state index in [2.05, 4.69) is 29.6 Å². The van der Waals surface area contributed by atoms with E-state index in [9.17, 15) is 14.4 Å². The van der Waals surface area contributed by atoms with Crippen LogP contribution in [0, 0.1) is 11.8 Å². The fourth-order valence-corrected chi connectivity index (χ4v) is 4.59. The Morgan fingerprint density at radius 3 is 2.18 bits per heavy atom. The molecule has 2 atom stereocenters. The Balaban J connectivity index is 1.32. The molecule has 7 heteroatoms. The number of ether oxygens (including phenoxy) is 1. The molecule has 1 saturated carbocycles. The van der Waals surface area contributed by atoms with Crippen molar-refractivity contribution >= 4 is 18.0 Å². The molecule has 2 aromatic carbocycles. The molecular formula is C26H30N2O5. The van der Waals surface area contributed by atoms with Gasteiger partial charge in [0.25, 0.3) is 0 Å². The van der Waals surface area contributed by atoms with Gasteiger partial charge in [-0.1, -0.05) is 48.5 Å². The largest absolute Gasteiger partial charge is 0.480 e. The lowest BCUT2D eigenvalue weighted by Gasteiger charge is -2.24. The molecule has 0 aromatic heterocycles. The van der Waals surface area contributed by atoms with Crippen molar-refractivity contribution in [2.45, 2.75) is 38.1 Å². The van der Waals surface area contributed by atoms with Crippen LogP contribution in [0.2, 0.25) is 0 Å². The quantitative estimate of drug-likeness (QED) is 0.605. The number of carboxylic acids is 1. The molecule has 0 radical (unpaired) electrons. The number of carbonyl (C=O) groups is 3. The standard InChI is InChI=1S/C26H30N2O5/c1-16(25(30)31)28(2)24(29)13-18(17-11-12-17)14-27-26(32)33-15-23-21-9-5-3-7-19(21)20-8-4-6-10-22(20)23/h3-10,16-18,23H,11-15H2,1-2H3,(H,27,32)(H,30,31). The van der Waals surface area contributed by atoms with Crippen LogP contribution < -0.4 is 5.32 Å². The van der Waals surface area contributed by atoms with Crippen LogP contribution in [0.5, 0.6) is 0 Å². The third kappa shape index (κ3) is 5.02. The average Bonchev–Trinajstić information content (AvgIpc) is 3.62. The van der Waals surface area contributed by atoms with Crippen molar-refractivity contribution < 1.29 is 24.2 Å². The Labute approximate surface area is 193 Å². The number of hydrogen-bond donors (Lipinski definition) is 2. The van der Waals surface area contributed by atoms with E-state index in [4.69, 9.17) is 9.84 Å². The first-order valence-corrected chi connectivity index (χ1v) is 11.4. The van der Waals surface area contributed by atoms with Crippen LogP contribution >= 0.6 is 0 Å². The first-order valence-electron chi connectivity index (χ1n) is 11.4. The summed E-state index contributed by atoms with van der Waals surface area (Å²) >= 11 is 0. The molecule has 2 aromatic rings. The minimum atomic E-state index is -1.04. The third-order valence-electron chi connectivity index (χ3n) is 6.91. The van der Waals surface area contributed by atoms with Gasteiger partial charge in [-0.25, -0.2) is 9.59 Å². The maximum Gasteiger partial charge on any atom is 0.407 e. The lowest BCUT2D eigenvalue weighted by atomic mass is 9.98. The molecule has 2 aliphatic rings. The first kappa shape index (κ1) is 22.8. The van der Waals surface area contributed by atoms with Gasteiger partial charge in [-0.2, -0.15) is 0 Å². The molecular weight excluding hydrogens is 420 g/mol. The summed E-state index contributed by atoms with van der Waals surface area (Å²) in [6, 6.07) is 15.5. The number of fused-ring (bicyclic) bond motifs is 3. The van der Waals surface area contributed by atoms with Crippen LogP contribution in [0.1, 0.15) is 43.2 Å². The molecule has 2 aliphatic carbocycles. The summed E-state index contributed by atoms with van der Waals surface area (Å²) in [5.74, 6) is -0.922. The second kappa shape index (κ2) is 9.65. The third-order valence-corrected chi connectivity index (χ3v) is 6.91. The Bertz CT molecular complexity index is 1000. The van der Waals surface area contributed by atoms with Crippen molar-refractivity contribution in [3.05, 3.63) is 59.7 Å². The summed E-state index contributed by atoms with van der Waals surface area (Å²) in [4.78, 5) is 37.4. The number of carboxylic acid groups (broad SMARTS) is 1. The zero-order chi connectivity index (χ0) is 23.5. The van der Waals surface area contributed by atoms with E-state index < -0.39 is 18.1 Å². The summed E-state index contributed by atoms with van der Waals surface area (Å²) < 4.78 is 5.59. The van der Waals surface area contributed by atoms with Gasteiger partial charge in [0.1, 0.15) is 12.6 Å². The van der Waals surface area contributed by atoms with Gasteiger partial charge in [0, 0.05) is 25.9 Å². The topological polar surface area (TPSA) is 95.9 Å². The predicted molar refractivity (Wildman–Crippen MR) is 124 cm³/mol. The number of aliphatic carboxylic acids is 1. The smallest absolute Gasteiger partial charge is 0.407 e. The van der Waals surface area contributed by atoms with Crippen LogP contribution in [0.25, 0.3) is 11.1 Å². The average molecular weight is 451 g/mol. The Morgan fingerprint density at radius 2 is 1.64 bits per heavy atom. The molecule has 174 valence electrons. The van der Waals surface area contributed by atoms with Crippen molar-refractivity contribution in [2.24, 2.45) is 11.8 Å². The second-order valence-electron chi connectivity index (χ2n) is 9.03. The molecule has 2 amide bonds. The zero-order valence-electron chi connectivity index (χ0n) is 19.0. The molecule has 7 nitrogen and oxygen atoms in total. The van der Waals surface area contributed by atoms with Gasteiger partial charge in [0.05, 0.1) is 0 Å². The van der Waals surface area contributed by atoms with Crippen molar-refractivity contribution in [1.29, 1.82) is 0 Å². The number of benzene rings is 2. The molecule has 2 N–H and O–H groups in total. The molecule has 0 bridgehead atoms. The molecule has 0 aliphatic heterocycles. The normalized spacial score (nSPS) is 16.3. The number of nitrogens with zero attached hydrogens (tertiary/aromatic N) is 1. The fraction of sp³-hybridized carbons (Fsp3) is 0.423. The van der Waals surface area contributed by atoms with E-state index in [1.165, 1.54) is 30.0 Å². The highest BCUT2D eigenvalue weighted by Gasteiger charge is 2.35. The van der Waals surface area contributed by atoms with E-state index >= 15 is 0 Å². The lowest BCUT2D eigenvalue weighted by Crippen LogP contribution is -2.42. The van der Waals surface area contributed by atoms with Crippen LogP contribution in [0.15, 0.2) is 48.5 Å². The fourth-order valence-electron chi connectivity index (χ4n) is 4.59. The van der Waals surface area contributed by atoms with Crippen LogP contribution in [0.3, 0.4) is 0 Å². The van der Waals surface area contributed by atoms with Gasteiger partial charge in [0.15, 0.2) is 0 Å². The summed E-state index contributed by atoms with van der Waals surface area (Å²) in [6.07, 6.45) is 1.75. The van der Waals surface area contributed by atoms with E-state index in [1.54, 1.807) is 0 Å². The van der Waals surface area contributed by atoms with Crippen molar-refractivity contribution in [3.63, 3.8) is 0 Å². The Hall–Kier alpha value is -3.35. The van der Waals surface area contributed by atoms with Crippen LogP contribution in [-0.2, 0) is 14.3 Å². The monoisotopic (exact) mass is 450 g/mol. The molecule has 1 fully saturated rings. The van der Waals surface area contributed by atoms with Gasteiger partial charge in [-0.05, 0) is 53.9 Å². The number of carbonyl (C=O) groups excluding carboxylic acids is 2. The highest BCUT2D eigenvalue weighted by Crippen LogP contribution is 2.44. The van der Waals surface area contributed by atoms with Crippen molar-refractivity contribution in [1.82, 2.24) is 10.2 Å². The molecule has 33 heavy (non-hydrogen) atoms. The van der Waals surface area contributed by atoms with Crippen LogP contribution in [-0.4, -0.2) is 54.2 Å². The number of amides is 2. The van der Waals surface area contributed by atoms with Crippen molar-refractivity contribution in [3.8, 4) is 11.1 Å². The Morgan fingerprint density at radius 1 is 1.06 bits per heavy atom. The first-order chi connectivity index (χ1) is 15.9. The van der Waals surface area contributed by atoms with E-state index in [1.807, 2.05) is 24.3 Å². The van der Waals surface area contributed by atoms with Gasteiger partial charge in [0.2, 0.25) is 5.91 Å². The molecule has 2 unspecified atom stereocenters. The summed E-state index contributed by atoms with van der Waals surface area (Å²) in [5.41, 5.74) is 4.66. The SMILES string of the molecule is CC(C(=O)O)N(C)C(=O)CC(CNC(=O)OCC1c2ccccc2-c2ccccc21)C1CC1. The number of likely N-dealkylation sites (N-methyl/N-ethyl adjacent to an activating group) is 1. The molecule has 0 heterocycles. The molecule has 4 rings (SSSR count). The van der Waals surface area contributed by atoms with E-state index in [-0.39, 0.29) is 30.8 Å². The van der Waals surface area contributed by atoms with Gasteiger partial charge < -0.3 is 20.1 Å². The number of hydrogen-bond acceptors (Lipinski definition) is 4. The van der Waals surface area contributed by atoms with E-state index in [0.29, 0.717) is 12.5 Å². The van der Waals surface area contributed by atoms with Gasteiger partial charge in [-0.3, -0.25) is 4.79 Å². The van der Waals surface area contributed by atoms with Crippen LogP contribution in [0.4, 0.5) is 4.79 Å². The number of alkyl carbamates (subject to hydrolysis) is 1. The summed E-state index contributed by atoms with van der Waals surface area (Å²) in [5, 5.41) is 12.0. The number of nitrogens with one attached hydrogen (secondary N) is 1. The summed E-state index contributed by atoms with van der Waals surface area (Å²) in [7, 11) is 1.50. The Kier molecular flexibility index (Phi) is 6.67. The minimum absolute atomic E-state index is 0.00453. The highest BCUT2D eigenvalue weighted by molar-refractivity contribution is 5.83. The maximum atomic E-state index is 12.5. The lowest BCUT2D eigenvalue weighted by molar-refractivity contribution is -0.148. The van der Waals surface area contributed by atoms with Gasteiger partial charge >= 0.3 is 12.1 Å². The highest BCUT2D eigenvalue weighted by atomic mass is 16.5. The summed E-state index contributed by atoms with van der Waals surface area (Å²) in [6.45, 7) is 2.06. The van der Waals surface area contributed by atoms with Gasteiger partial charge in [-0.15, -0.1) is 0 Å². The maximum absolute atomic E-state index is 12.5. The van der Waals surface area contributed by atoms with Crippen molar-refractivity contribution in [2.75, 3.05) is 20.2 Å². The number of rotatable bonds is 9. The molecule has 0 spiro atoms. The second-order valence-corrected chi connectivity index (χ2v) is 9.03.